The highest BCUT2D eigenvalue weighted by Crippen LogP contribution is 2.70. The molecule has 1 aromatic heterocycles. The van der Waals surface area contributed by atoms with Crippen molar-refractivity contribution < 1.29 is 14.3 Å². The van der Waals surface area contributed by atoms with Crippen molar-refractivity contribution in [2.24, 2.45) is 5.41 Å². The van der Waals surface area contributed by atoms with Crippen LogP contribution < -0.4 is 0 Å². The quantitative estimate of drug-likeness (QED) is 0.805. The molecular formula is C9H10FN3O2. The Bertz CT molecular complexity index is 423. The Kier molecular flexibility index (Phi) is 1.39. The Hall–Kier alpha value is -1.46. The Morgan fingerprint density at radius 1 is 1.60 bits per heavy atom. The number of rotatable bonds is 3. The van der Waals surface area contributed by atoms with Crippen LogP contribution in [0.2, 0.25) is 0 Å². The van der Waals surface area contributed by atoms with Gasteiger partial charge in [-0.15, -0.1) is 5.10 Å². The zero-order valence-electron chi connectivity index (χ0n) is 7.98. The summed E-state index contributed by atoms with van der Waals surface area (Å²) in [5.74, 6) is -1.33. The van der Waals surface area contributed by atoms with Crippen LogP contribution >= 0.6 is 0 Å². The molecule has 0 aromatic carbocycles. The molecule has 0 radical (unpaired) electrons. The van der Waals surface area contributed by atoms with Crippen LogP contribution in [0.4, 0.5) is 4.39 Å². The number of halogens is 1. The monoisotopic (exact) mass is 211 g/mol. The molecule has 4 rings (SSSR count). The van der Waals surface area contributed by atoms with Gasteiger partial charge in [-0.3, -0.25) is 4.68 Å². The van der Waals surface area contributed by atoms with Gasteiger partial charge < -0.3 is 5.11 Å². The first kappa shape index (κ1) is 8.82. The fraction of sp³-hybridized carbons (Fsp3) is 0.667. The lowest BCUT2D eigenvalue weighted by atomic mass is 9.42. The number of carboxylic acid groups (broad SMARTS) is 1. The van der Waals surface area contributed by atoms with E-state index in [-0.39, 0.29) is 11.2 Å². The van der Waals surface area contributed by atoms with Crippen LogP contribution in [0.1, 0.15) is 29.9 Å². The maximum atomic E-state index is 13.2. The van der Waals surface area contributed by atoms with E-state index in [0.29, 0.717) is 25.8 Å². The van der Waals surface area contributed by atoms with Crippen molar-refractivity contribution in [3.8, 4) is 0 Å². The van der Waals surface area contributed by atoms with E-state index in [1.54, 1.807) is 0 Å². The molecule has 0 spiro atoms. The van der Waals surface area contributed by atoms with Gasteiger partial charge in [0.2, 0.25) is 0 Å². The molecule has 0 saturated heterocycles. The molecule has 3 aliphatic rings. The molecule has 3 aliphatic carbocycles. The van der Waals surface area contributed by atoms with Crippen LogP contribution in [-0.4, -0.2) is 31.5 Å². The lowest BCUT2D eigenvalue weighted by molar-refractivity contribution is -0.221. The molecule has 1 heterocycles. The SMILES string of the molecule is O=C(O)c1ncn(CC23CC(F)(C2)C3)n1. The molecule has 15 heavy (non-hydrogen) atoms. The van der Waals surface area contributed by atoms with Crippen LogP contribution in [0.3, 0.4) is 0 Å². The van der Waals surface area contributed by atoms with Crippen molar-refractivity contribution in [2.75, 3.05) is 0 Å². The molecule has 2 bridgehead atoms. The number of carboxylic acids is 1. The van der Waals surface area contributed by atoms with Gasteiger partial charge in [0.05, 0.1) is 0 Å². The molecule has 1 N–H and O–H groups in total. The van der Waals surface area contributed by atoms with Crippen LogP contribution in [0.5, 0.6) is 0 Å². The molecule has 3 saturated carbocycles. The minimum absolute atomic E-state index is 0.0260. The Labute approximate surface area is 84.9 Å². The lowest BCUT2D eigenvalue weighted by Crippen LogP contribution is -2.65. The number of hydrogen-bond acceptors (Lipinski definition) is 3. The van der Waals surface area contributed by atoms with E-state index >= 15 is 0 Å². The number of aromatic carboxylic acids is 1. The molecule has 0 aliphatic heterocycles. The number of aromatic nitrogens is 3. The fourth-order valence-electron chi connectivity index (χ4n) is 2.84. The minimum atomic E-state index is -1.13. The minimum Gasteiger partial charge on any atom is -0.475 e. The summed E-state index contributed by atoms with van der Waals surface area (Å²) >= 11 is 0. The first-order valence-electron chi connectivity index (χ1n) is 4.82. The largest absolute Gasteiger partial charge is 0.475 e. The zero-order chi connectivity index (χ0) is 10.7. The third kappa shape index (κ3) is 1.17. The summed E-state index contributed by atoms with van der Waals surface area (Å²) in [7, 11) is 0. The topological polar surface area (TPSA) is 68.0 Å². The third-order valence-corrected chi connectivity index (χ3v) is 3.30. The van der Waals surface area contributed by atoms with Gasteiger partial charge >= 0.3 is 5.97 Å². The van der Waals surface area contributed by atoms with Crippen LogP contribution in [0.15, 0.2) is 6.33 Å². The highest BCUT2D eigenvalue weighted by molar-refractivity contribution is 5.82. The highest BCUT2D eigenvalue weighted by atomic mass is 19.1. The van der Waals surface area contributed by atoms with Gasteiger partial charge in [-0.1, -0.05) is 0 Å². The average Bonchev–Trinajstić information content (AvgIpc) is 2.48. The smallest absolute Gasteiger partial charge is 0.375 e. The molecule has 5 nitrogen and oxygen atoms in total. The van der Waals surface area contributed by atoms with E-state index in [9.17, 15) is 9.18 Å². The number of hydrogen-bond donors (Lipinski definition) is 1. The second-order valence-corrected chi connectivity index (χ2v) is 4.75. The van der Waals surface area contributed by atoms with E-state index in [1.807, 2.05) is 0 Å². The molecule has 3 fully saturated rings. The normalized spacial score (nSPS) is 36.9. The number of alkyl halides is 1. The van der Waals surface area contributed by atoms with Crippen LogP contribution in [0.25, 0.3) is 0 Å². The highest BCUT2D eigenvalue weighted by Gasteiger charge is 2.69. The first-order valence-corrected chi connectivity index (χ1v) is 4.82. The second kappa shape index (κ2) is 2.37. The molecule has 0 atom stereocenters. The van der Waals surface area contributed by atoms with E-state index in [4.69, 9.17) is 5.11 Å². The molecule has 6 heteroatoms. The van der Waals surface area contributed by atoms with Gasteiger partial charge in [0.15, 0.2) is 0 Å². The number of carbonyl (C=O) groups is 1. The van der Waals surface area contributed by atoms with Crippen molar-refractivity contribution in [3.63, 3.8) is 0 Å². The van der Waals surface area contributed by atoms with Crippen molar-refractivity contribution in [1.29, 1.82) is 0 Å². The first-order chi connectivity index (χ1) is 7.00. The van der Waals surface area contributed by atoms with Gasteiger partial charge in [-0.25, -0.2) is 14.2 Å². The van der Waals surface area contributed by atoms with Gasteiger partial charge in [0.25, 0.3) is 5.82 Å². The van der Waals surface area contributed by atoms with E-state index in [0.717, 1.165) is 0 Å². The molecular weight excluding hydrogens is 201 g/mol. The van der Waals surface area contributed by atoms with Crippen molar-refractivity contribution >= 4 is 5.97 Å². The predicted molar refractivity (Wildman–Crippen MR) is 47.1 cm³/mol. The summed E-state index contributed by atoms with van der Waals surface area (Å²) in [4.78, 5) is 14.2. The number of nitrogens with zero attached hydrogens (tertiary/aromatic N) is 3. The molecule has 0 amide bonds. The standard InChI is InChI=1S/C9H10FN3O2/c10-9-1-8(2-9,3-9)4-13-5-11-6(12-13)7(14)15/h5H,1-4H2,(H,14,15). The lowest BCUT2D eigenvalue weighted by Gasteiger charge is -2.65. The predicted octanol–water partition coefficient (Wildman–Crippen LogP) is 0.869. The Morgan fingerprint density at radius 3 is 2.73 bits per heavy atom. The summed E-state index contributed by atoms with van der Waals surface area (Å²) in [5.41, 5.74) is -0.894. The average molecular weight is 211 g/mol. The maximum absolute atomic E-state index is 13.2. The summed E-state index contributed by atoms with van der Waals surface area (Å²) in [6, 6.07) is 0. The summed E-state index contributed by atoms with van der Waals surface area (Å²) in [5, 5.41) is 12.4. The third-order valence-electron chi connectivity index (χ3n) is 3.30. The Balaban J connectivity index is 1.70. The van der Waals surface area contributed by atoms with Crippen LogP contribution in [-0.2, 0) is 6.54 Å². The summed E-state index contributed by atoms with van der Waals surface area (Å²) in [6.07, 6.45) is 3.15. The van der Waals surface area contributed by atoms with Gasteiger partial charge in [-0.05, 0) is 24.7 Å². The zero-order valence-corrected chi connectivity index (χ0v) is 7.98. The van der Waals surface area contributed by atoms with Crippen molar-refractivity contribution in [2.45, 2.75) is 31.5 Å². The van der Waals surface area contributed by atoms with E-state index in [1.165, 1.54) is 11.0 Å². The second-order valence-electron chi connectivity index (χ2n) is 4.75. The van der Waals surface area contributed by atoms with Crippen molar-refractivity contribution in [3.05, 3.63) is 12.2 Å². The van der Waals surface area contributed by atoms with E-state index < -0.39 is 11.6 Å². The molecule has 0 unspecified atom stereocenters. The fourth-order valence-corrected chi connectivity index (χ4v) is 2.84. The van der Waals surface area contributed by atoms with Gasteiger partial charge in [0, 0.05) is 6.54 Å². The van der Waals surface area contributed by atoms with Gasteiger partial charge in [0.1, 0.15) is 12.0 Å². The maximum Gasteiger partial charge on any atom is 0.375 e. The van der Waals surface area contributed by atoms with Crippen molar-refractivity contribution in [1.82, 2.24) is 14.8 Å². The summed E-state index contributed by atoms with van der Waals surface area (Å²) in [6.45, 7) is 0.582. The summed E-state index contributed by atoms with van der Waals surface area (Å²) < 4.78 is 14.7. The Morgan fingerprint density at radius 2 is 2.27 bits per heavy atom. The van der Waals surface area contributed by atoms with E-state index in [2.05, 4.69) is 10.1 Å². The molecule has 80 valence electrons. The molecule has 1 aromatic rings. The van der Waals surface area contributed by atoms with Gasteiger partial charge in [-0.2, -0.15) is 0 Å². The van der Waals surface area contributed by atoms with Crippen LogP contribution in [0, 0.1) is 5.41 Å².